The quantitative estimate of drug-likeness (QED) is 0.685. The number of rotatable bonds is 4. The topological polar surface area (TPSA) is 95.5 Å². The SMILES string of the molecule is CNC(=O)c1ccc(NC(=O)C(C)C(=O)O)cc1. The lowest BCUT2D eigenvalue weighted by atomic mass is 10.1. The largest absolute Gasteiger partial charge is 0.481 e. The van der Waals surface area contributed by atoms with E-state index in [0.29, 0.717) is 11.3 Å². The normalized spacial score (nSPS) is 11.4. The first-order valence-corrected chi connectivity index (χ1v) is 5.31. The number of hydrogen-bond acceptors (Lipinski definition) is 3. The molecule has 1 atom stereocenters. The Hall–Kier alpha value is -2.37. The summed E-state index contributed by atoms with van der Waals surface area (Å²) in [5, 5.41) is 13.6. The highest BCUT2D eigenvalue weighted by atomic mass is 16.4. The van der Waals surface area contributed by atoms with Crippen LogP contribution >= 0.6 is 0 Å². The van der Waals surface area contributed by atoms with E-state index in [2.05, 4.69) is 10.6 Å². The molecule has 0 aliphatic heterocycles. The van der Waals surface area contributed by atoms with E-state index >= 15 is 0 Å². The fourth-order valence-electron chi connectivity index (χ4n) is 1.21. The fraction of sp³-hybridized carbons (Fsp3) is 0.250. The van der Waals surface area contributed by atoms with E-state index < -0.39 is 17.8 Å². The van der Waals surface area contributed by atoms with Crippen LogP contribution in [0.4, 0.5) is 5.69 Å². The van der Waals surface area contributed by atoms with E-state index in [1.807, 2.05) is 0 Å². The molecule has 1 aromatic carbocycles. The highest BCUT2D eigenvalue weighted by molar-refractivity contribution is 6.04. The molecule has 1 rings (SSSR count). The van der Waals surface area contributed by atoms with Gasteiger partial charge in [0.25, 0.3) is 5.91 Å². The van der Waals surface area contributed by atoms with Gasteiger partial charge in [-0.3, -0.25) is 14.4 Å². The smallest absolute Gasteiger partial charge is 0.315 e. The summed E-state index contributed by atoms with van der Waals surface area (Å²) in [7, 11) is 1.52. The number of benzene rings is 1. The molecule has 96 valence electrons. The van der Waals surface area contributed by atoms with E-state index in [9.17, 15) is 14.4 Å². The summed E-state index contributed by atoms with van der Waals surface area (Å²) in [5.41, 5.74) is 0.905. The molecule has 0 saturated heterocycles. The first-order valence-electron chi connectivity index (χ1n) is 5.31. The average Bonchev–Trinajstić information content (AvgIpc) is 2.37. The highest BCUT2D eigenvalue weighted by Crippen LogP contribution is 2.11. The Balaban J connectivity index is 2.72. The van der Waals surface area contributed by atoms with Crippen LogP contribution in [0.15, 0.2) is 24.3 Å². The summed E-state index contributed by atoms with van der Waals surface area (Å²) in [5.74, 6) is -3.14. The molecule has 1 aromatic rings. The van der Waals surface area contributed by atoms with Crippen LogP contribution in [0.2, 0.25) is 0 Å². The molecule has 0 saturated carbocycles. The number of carbonyl (C=O) groups excluding carboxylic acids is 2. The van der Waals surface area contributed by atoms with Gasteiger partial charge in [-0.05, 0) is 31.2 Å². The van der Waals surface area contributed by atoms with Crippen LogP contribution in [0, 0.1) is 5.92 Å². The fourth-order valence-corrected chi connectivity index (χ4v) is 1.21. The molecule has 6 nitrogen and oxygen atoms in total. The zero-order valence-electron chi connectivity index (χ0n) is 10.1. The molecular weight excluding hydrogens is 236 g/mol. The third kappa shape index (κ3) is 3.31. The Morgan fingerprint density at radius 3 is 2.17 bits per heavy atom. The van der Waals surface area contributed by atoms with Crippen LogP contribution in [0.5, 0.6) is 0 Å². The Kier molecular flexibility index (Phi) is 4.42. The summed E-state index contributed by atoms with van der Waals surface area (Å²) < 4.78 is 0. The number of aliphatic carboxylic acids is 1. The predicted molar refractivity (Wildman–Crippen MR) is 65.3 cm³/mol. The van der Waals surface area contributed by atoms with Crippen molar-refractivity contribution < 1.29 is 19.5 Å². The van der Waals surface area contributed by atoms with Crippen molar-refractivity contribution in [3.05, 3.63) is 29.8 Å². The van der Waals surface area contributed by atoms with Crippen LogP contribution in [0.3, 0.4) is 0 Å². The number of carboxylic acid groups (broad SMARTS) is 1. The second kappa shape index (κ2) is 5.81. The van der Waals surface area contributed by atoms with Crippen molar-refractivity contribution in [3.63, 3.8) is 0 Å². The summed E-state index contributed by atoms with van der Waals surface area (Å²) in [4.78, 5) is 33.3. The Labute approximate surface area is 104 Å². The van der Waals surface area contributed by atoms with Gasteiger partial charge in [-0.25, -0.2) is 0 Å². The van der Waals surface area contributed by atoms with Crippen LogP contribution in [-0.4, -0.2) is 29.9 Å². The van der Waals surface area contributed by atoms with E-state index in [4.69, 9.17) is 5.11 Å². The summed E-state index contributed by atoms with van der Waals surface area (Å²) >= 11 is 0. The summed E-state index contributed by atoms with van der Waals surface area (Å²) in [6, 6.07) is 6.16. The van der Waals surface area contributed by atoms with E-state index in [-0.39, 0.29) is 5.91 Å². The third-order valence-electron chi connectivity index (χ3n) is 2.41. The van der Waals surface area contributed by atoms with Crippen molar-refractivity contribution >= 4 is 23.5 Å². The van der Waals surface area contributed by atoms with Gasteiger partial charge >= 0.3 is 5.97 Å². The molecule has 0 aromatic heterocycles. The molecule has 0 fully saturated rings. The van der Waals surface area contributed by atoms with Gasteiger partial charge in [-0.15, -0.1) is 0 Å². The average molecular weight is 250 g/mol. The molecule has 3 N–H and O–H groups in total. The summed E-state index contributed by atoms with van der Waals surface area (Å²) in [6.07, 6.45) is 0. The first kappa shape index (κ1) is 13.7. The maximum Gasteiger partial charge on any atom is 0.315 e. The Morgan fingerprint density at radius 2 is 1.72 bits per heavy atom. The zero-order valence-corrected chi connectivity index (χ0v) is 10.1. The Bertz CT molecular complexity index is 467. The maximum atomic E-state index is 11.5. The van der Waals surface area contributed by atoms with Gasteiger partial charge in [0.15, 0.2) is 0 Å². The minimum absolute atomic E-state index is 0.230. The van der Waals surface area contributed by atoms with Crippen LogP contribution in [0.25, 0.3) is 0 Å². The minimum atomic E-state index is -1.19. The number of carboxylic acids is 1. The number of amides is 2. The van der Waals surface area contributed by atoms with Gasteiger partial charge in [0.2, 0.25) is 5.91 Å². The lowest BCUT2D eigenvalue weighted by molar-refractivity contribution is -0.144. The van der Waals surface area contributed by atoms with Gasteiger partial charge in [-0.1, -0.05) is 0 Å². The van der Waals surface area contributed by atoms with Crippen molar-refractivity contribution in [2.75, 3.05) is 12.4 Å². The molecule has 2 amide bonds. The standard InChI is InChI=1S/C12H14N2O4/c1-7(12(17)18)10(15)14-9-5-3-8(4-6-9)11(16)13-2/h3-7H,1-2H3,(H,13,16)(H,14,15)(H,17,18). The molecule has 1 unspecified atom stereocenters. The first-order chi connectivity index (χ1) is 8.45. The molecule has 0 heterocycles. The molecule has 0 bridgehead atoms. The van der Waals surface area contributed by atoms with Crippen LogP contribution < -0.4 is 10.6 Å². The van der Waals surface area contributed by atoms with Gasteiger partial charge in [-0.2, -0.15) is 0 Å². The van der Waals surface area contributed by atoms with Gasteiger partial charge in [0.1, 0.15) is 5.92 Å². The maximum absolute atomic E-state index is 11.5. The second-order valence-electron chi connectivity index (χ2n) is 3.71. The molecule has 18 heavy (non-hydrogen) atoms. The van der Waals surface area contributed by atoms with E-state index in [0.717, 1.165) is 0 Å². The number of anilines is 1. The van der Waals surface area contributed by atoms with E-state index in [1.54, 1.807) is 12.1 Å². The lowest BCUT2D eigenvalue weighted by Gasteiger charge is -2.08. The van der Waals surface area contributed by atoms with Crippen LogP contribution in [0.1, 0.15) is 17.3 Å². The van der Waals surface area contributed by atoms with Gasteiger partial charge in [0, 0.05) is 18.3 Å². The minimum Gasteiger partial charge on any atom is -0.481 e. The molecule has 0 aliphatic rings. The van der Waals surface area contributed by atoms with Crippen molar-refractivity contribution in [2.24, 2.45) is 5.92 Å². The lowest BCUT2D eigenvalue weighted by Crippen LogP contribution is -2.26. The van der Waals surface area contributed by atoms with Gasteiger partial charge in [0.05, 0.1) is 0 Å². The zero-order chi connectivity index (χ0) is 13.7. The second-order valence-corrected chi connectivity index (χ2v) is 3.71. The highest BCUT2D eigenvalue weighted by Gasteiger charge is 2.20. The summed E-state index contributed by atoms with van der Waals surface area (Å²) in [6.45, 7) is 1.30. The Morgan fingerprint density at radius 1 is 1.17 bits per heavy atom. The molecule has 0 aliphatic carbocycles. The van der Waals surface area contributed by atoms with Crippen molar-refractivity contribution in [1.29, 1.82) is 0 Å². The predicted octanol–water partition coefficient (Wildman–Crippen LogP) is 0.705. The molecular formula is C12H14N2O4. The van der Waals surface area contributed by atoms with E-state index in [1.165, 1.54) is 26.1 Å². The molecule has 0 spiro atoms. The monoisotopic (exact) mass is 250 g/mol. The van der Waals surface area contributed by atoms with Crippen molar-refractivity contribution in [2.45, 2.75) is 6.92 Å². The number of hydrogen-bond donors (Lipinski definition) is 3. The number of carbonyl (C=O) groups is 3. The van der Waals surface area contributed by atoms with Crippen molar-refractivity contribution in [3.8, 4) is 0 Å². The molecule has 0 radical (unpaired) electrons. The van der Waals surface area contributed by atoms with Gasteiger partial charge < -0.3 is 15.7 Å². The molecule has 6 heteroatoms. The van der Waals surface area contributed by atoms with Crippen LogP contribution in [-0.2, 0) is 9.59 Å². The third-order valence-corrected chi connectivity index (χ3v) is 2.41. The van der Waals surface area contributed by atoms with Crippen molar-refractivity contribution in [1.82, 2.24) is 5.32 Å². The number of nitrogens with one attached hydrogen (secondary N) is 2.